The Morgan fingerprint density at radius 2 is 2.30 bits per heavy atom. The van der Waals surface area contributed by atoms with E-state index >= 15 is 0 Å². The maximum atomic E-state index is 12.2. The van der Waals surface area contributed by atoms with Gasteiger partial charge in [-0.15, -0.1) is 11.3 Å². The van der Waals surface area contributed by atoms with E-state index in [1.54, 1.807) is 0 Å². The molecule has 2 heterocycles. The molecule has 1 aliphatic heterocycles. The molecular weight excluding hydrogens is 274 g/mol. The summed E-state index contributed by atoms with van der Waals surface area (Å²) in [6.07, 6.45) is 2.21. The minimum absolute atomic E-state index is 0.0276. The Morgan fingerprint density at radius 1 is 1.55 bits per heavy atom. The molecule has 4 nitrogen and oxygen atoms in total. The van der Waals surface area contributed by atoms with E-state index < -0.39 is 0 Å². The maximum Gasteiger partial charge on any atom is 0.261 e. The monoisotopic (exact) mass is 293 g/mol. The van der Waals surface area contributed by atoms with Gasteiger partial charge in [0.25, 0.3) is 5.91 Å². The Balaban J connectivity index is 1.99. The number of aliphatic hydroxyl groups excluding tert-OH is 1. The van der Waals surface area contributed by atoms with Crippen molar-refractivity contribution in [2.45, 2.75) is 32.2 Å². The standard InChI is InChI=1S/C15H19NO3S/c1-11-10-14(20-13(11)4-2-3-7-17)15(18)16-12-5-8-19-9-6-12/h10,12,17H,3,5-9H2,1H3,(H,16,18). The Labute approximate surface area is 123 Å². The van der Waals surface area contributed by atoms with Crippen LogP contribution in [-0.2, 0) is 4.74 Å². The molecule has 20 heavy (non-hydrogen) atoms. The molecule has 1 aliphatic rings. The highest BCUT2D eigenvalue weighted by Gasteiger charge is 2.18. The molecule has 1 amide bonds. The normalized spacial score (nSPS) is 15.5. The van der Waals surface area contributed by atoms with Gasteiger partial charge in [0.2, 0.25) is 0 Å². The van der Waals surface area contributed by atoms with Crippen LogP contribution in [-0.4, -0.2) is 36.9 Å². The van der Waals surface area contributed by atoms with E-state index in [1.165, 1.54) is 11.3 Å². The molecule has 0 aromatic carbocycles. The maximum absolute atomic E-state index is 12.2. The third-order valence-electron chi connectivity index (χ3n) is 3.14. The van der Waals surface area contributed by atoms with Crippen molar-refractivity contribution in [2.75, 3.05) is 19.8 Å². The van der Waals surface area contributed by atoms with Crippen molar-refractivity contribution in [3.05, 3.63) is 21.4 Å². The van der Waals surface area contributed by atoms with Gasteiger partial charge < -0.3 is 15.2 Å². The zero-order valence-electron chi connectivity index (χ0n) is 11.6. The molecule has 0 spiro atoms. The van der Waals surface area contributed by atoms with Crippen LogP contribution < -0.4 is 5.32 Å². The van der Waals surface area contributed by atoms with E-state index in [0.29, 0.717) is 24.5 Å². The number of rotatable bonds is 3. The summed E-state index contributed by atoms with van der Waals surface area (Å²) in [4.78, 5) is 13.8. The van der Waals surface area contributed by atoms with Gasteiger partial charge in [-0.25, -0.2) is 0 Å². The summed E-state index contributed by atoms with van der Waals surface area (Å²) in [6, 6.07) is 2.09. The highest BCUT2D eigenvalue weighted by molar-refractivity contribution is 7.14. The van der Waals surface area contributed by atoms with Gasteiger partial charge >= 0.3 is 0 Å². The second-order valence-corrected chi connectivity index (χ2v) is 5.81. The fourth-order valence-electron chi connectivity index (χ4n) is 2.02. The average Bonchev–Trinajstić information content (AvgIpc) is 2.82. The zero-order chi connectivity index (χ0) is 14.4. The summed E-state index contributed by atoms with van der Waals surface area (Å²) in [7, 11) is 0. The number of carbonyl (C=O) groups excluding carboxylic acids is 1. The molecule has 0 aliphatic carbocycles. The smallest absolute Gasteiger partial charge is 0.261 e. The van der Waals surface area contributed by atoms with Gasteiger partial charge in [-0.1, -0.05) is 11.8 Å². The molecule has 1 aromatic rings. The van der Waals surface area contributed by atoms with Crippen molar-refractivity contribution in [1.82, 2.24) is 5.32 Å². The largest absolute Gasteiger partial charge is 0.395 e. The lowest BCUT2D eigenvalue weighted by atomic mass is 10.1. The van der Waals surface area contributed by atoms with E-state index in [9.17, 15) is 4.79 Å². The van der Waals surface area contributed by atoms with Gasteiger partial charge in [0.1, 0.15) is 0 Å². The fraction of sp³-hybridized carbons (Fsp3) is 0.533. The van der Waals surface area contributed by atoms with E-state index in [4.69, 9.17) is 9.84 Å². The van der Waals surface area contributed by atoms with Crippen LogP contribution in [0.25, 0.3) is 0 Å². The SMILES string of the molecule is Cc1cc(C(=O)NC2CCOCC2)sc1C#CCCO. The van der Waals surface area contributed by atoms with Gasteiger partial charge in [-0.05, 0) is 31.4 Å². The Kier molecular flexibility index (Phi) is 5.60. The lowest BCUT2D eigenvalue weighted by Crippen LogP contribution is -2.38. The highest BCUT2D eigenvalue weighted by Crippen LogP contribution is 2.21. The van der Waals surface area contributed by atoms with Crippen LogP contribution >= 0.6 is 11.3 Å². The van der Waals surface area contributed by atoms with Crippen LogP contribution in [0.5, 0.6) is 0 Å². The number of amides is 1. The second-order valence-electron chi connectivity index (χ2n) is 4.76. The summed E-state index contributed by atoms with van der Waals surface area (Å²) < 4.78 is 5.28. The minimum Gasteiger partial charge on any atom is -0.395 e. The number of hydrogen-bond acceptors (Lipinski definition) is 4. The van der Waals surface area contributed by atoms with E-state index in [-0.39, 0.29) is 18.6 Å². The molecular formula is C15H19NO3S. The Hall–Kier alpha value is -1.35. The Morgan fingerprint density at radius 3 is 3.00 bits per heavy atom. The first-order chi connectivity index (χ1) is 9.70. The predicted molar refractivity (Wildman–Crippen MR) is 78.9 cm³/mol. The Bertz CT molecular complexity index is 521. The van der Waals surface area contributed by atoms with Crippen LogP contribution in [0.4, 0.5) is 0 Å². The van der Waals surface area contributed by atoms with Crippen molar-refractivity contribution in [1.29, 1.82) is 0 Å². The first-order valence-electron chi connectivity index (χ1n) is 6.79. The zero-order valence-corrected chi connectivity index (χ0v) is 12.4. The average molecular weight is 293 g/mol. The van der Waals surface area contributed by atoms with Crippen LogP contribution in [0.15, 0.2) is 6.07 Å². The molecule has 0 radical (unpaired) electrons. The van der Waals surface area contributed by atoms with Crippen molar-refractivity contribution in [3.8, 4) is 11.8 Å². The summed E-state index contributed by atoms with van der Waals surface area (Å²) in [5.41, 5.74) is 1.01. The molecule has 1 saturated heterocycles. The molecule has 108 valence electrons. The lowest BCUT2D eigenvalue weighted by Gasteiger charge is -2.22. The molecule has 2 N–H and O–H groups in total. The second kappa shape index (κ2) is 7.44. The highest BCUT2D eigenvalue weighted by atomic mass is 32.1. The molecule has 1 fully saturated rings. The molecule has 0 atom stereocenters. The number of nitrogens with one attached hydrogen (secondary N) is 1. The number of aliphatic hydroxyl groups is 1. The molecule has 2 rings (SSSR count). The first kappa shape index (κ1) is 15.0. The van der Waals surface area contributed by atoms with Crippen molar-refractivity contribution >= 4 is 17.2 Å². The van der Waals surface area contributed by atoms with Crippen molar-refractivity contribution in [3.63, 3.8) is 0 Å². The number of aryl methyl sites for hydroxylation is 1. The number of ether oxygens (including phenoxy) is 1. The molecule has 0 bridgehead atoms. The minimum atomic E-state index is -0.0276. The third-order valence-corrected chi connectivity index (χ3v) is 4.29. The molecule has 1 aromatic heterocycles. The summed E-state index contributed by atoms with van der Waals surface area (Å²) in [5, 5.41) is 11.8. The summed E-state index contributed by atoms with van der Waals surface area (Å²) >= 11 is 1.41. The van der Waals surface area contributed by atoms with Gasteiger partial charge in [-0.3, -0.25) is 4.79 Å². The molecule has 5 heteroatoms. The van der Waals surface area contributed by atoms with Crippen LogP contribution in [0.2, 0.25) is 0 Å². The topological polar surface area (TPSA) is 58.6 Å². The first-order valence-corrected chi connectivity index (χ1v) is 7.61. The van der Waals surface area contributed by atoms with Gasteiger partial charge in [0.15, 0.2) is 0 Å². The van der Waals surface area contributed by atoms with Crippen LogP contribution in [0.3, 0.4) is 0 Å². The van der Waals surface area contributed by atoms with E-state index in [0.717, 1.165) is 23.3 Å². The quantitative estimate of drug-likeness (QED) is 0.834. The lowest BCUT2D eigenvalue weighted by molar-refractivity contribution is 0.0698. The van der Waals surface area contributed by atoms with Crippen molar-refractivity contribution in [2.24, 2.45) is 0 Å². The number of thiophene rings is 1. The molecule has 0 unspecified atom stereocenters. The van der Waals surface area contributed by atoms with Crippen LogP contribution in [0, 0.1) is 18.8 Å². The number of carbonyl (C=O) groups is 1. The summed E-state index contributed by atoms with van der Waals surface area (Å²) in [5.74, 6) is 5.86. The molecule has 0 saturated carbocycles. The van der Waals surface area contributed by atoms with Crippen molar-refractivity contribution < 1.29 is 14.6 Å². The fourth-order valence-corrected chi connectivity index (χ4v) is 2.97. The summed E-state index contributed by atoms with van der Waals surface area (Å²) in [6.45, 7) is 3.44. The van der Waals surface area contributed by atoms with Gasteiger partial charge in [0, 0.05) is 25.7 Å². The van der Waals surface area contributed by atoms with E-state index in [2.05, 4.69) is 17.2 Å². The van der Waals surface area contributed by atoms with Gasteiger partial charge in [-0.2, -0.15) is 0 Å². The number of hydrogen-bond donors (Lipinski definition) is 2. The van der Waals surface area contributed by atoms with E-state index in [1.807, 2.05) is 13.0 Å². The third kappa shape index (κ3) is 4.07. The predicted octanol–water partition coefficient (Wildman–Crippen LogP) is 1.70. The van der Waals surface area contributed by atoms with Gasteiger partial charge in [0.05, 0.1) is 16.4 Å². The van der Waals surface area contributed by atoms with Crippen LogP contribution in [0.1, 0.15) is 39.4 Å².